The lowest BCUT2D eigenvalue weighted by atomic mass is 9.81. The molecule has 0 spiro atoms. The van der Waals surface area contributed by atoms with Crippen molar-refractivity contribution in [2.24, 2.45) is 11.8 Å². The van der Waals surface area contributed by atoms with Crippen LogP contribution in [0.15, 0.2) is 11.6 Å². The second-order valence-corrected chi connectivity index (χ2v) is 3.79. The number of Topliss-reactive ketones (excluding diaryl/α,β-unsaturated/α-hetero) is 1. The van der Waals surface area contributed by atoms with Crippen LogP contribution in [0.25, 0.3) is 0 Å². The maximum Gasteiger partial charge on any atom is 0.158 e. The summed E-state index contributed by atoms with van der Waals surface area (Å²) in [5.74, 6) is 1.77. The molecule has 2 aliphatic rings. The lowest BCUT2D eigenvalue weighted by molar-refractivity contribution is -0.117. The van der Waals surface area contributed by atoms with Crippen molar-refractivity contribution >= 4 is 5.78 Å². The number of carbonyl (C=O) groups is 1. The van der Waals surface area contributed by atoms with E-state index >= 15 is 0 Å². The van der Waals surface area contributed by atoms with Gasteiger partial charge in [-0.15, -0.1) is 0 Å². The maximum atomic E-state index is 11.4. The topological polar surface area (TPSA) is 17.1 Å². The Morgan fingerprint density at radius 2 is 2.36 bits per heavy atom. The van der Waals surface area contributed by atoms with Crippen molar-refractivity contribution in [3.05, 3.63) is 11.6 Å². The number of rotatable bonds is 0. The summed E-state index contributed by atoms with van der Waals surface area (Å²) in [7, 11) is 0. The number of carbonyl (C=O) groups excluding carboxylic acids is 1. The van der Waals surface area contributed by atoms with Crippen LogP contribution in [-0.4, -0.2) is 5.78 Å². The molecule has 0 unspecified atom stereocenters. The highest BCUT2D eigenvalue weighted by atomic mass is 16.1. The van der Waals surface area contributed by atoms with E-state index in [1.54, 1.807) is 0 Å². The van der Waals surface area contributed by atoms with Gasteiger partial charge in [0.2, 0.25) is 0 Å². The van der Waals surface area contributed by atoms with E-state index in [4.69, 9.17) is 0 Å². The molecule has 1 heteroatoms. The third-order valence-corrected chi connectivity index (χ3v) is 3.04. The Kier molecular flexibility index (Phi) is 1.59. The van der Waals surface area contributed by atoms with Crippen molar-refractivity contribution in [3.8, 4) is 0 Å². The third-order valence-electron chi connectivity index (χ3n) is 3.04. The summed E-state index contributed by atoms with van der Waals surface area (Å²) >= 11 is 0. The predicted octanol–water partition coefficient (Wildman–Crippen LogP) is 2.32. The molecule has 2 rings (SSSR count). The molecule has 0 bridgehead atoms. The molecule has 2 atom stereocenters. The summed E-state index contributed by atoms with van der Waals surface area (Å²) in [5, 5.41) is 0. The van der Waals surface area contributed by atoms with Crippen LogP contribution in [0.2, 0.25) is 0 Å². The maximum absolute atomic E-state index is 11.4. The molecule has 0 aliphatic heterocycles. The zero-order valence-corrected chi connectivity index (χ0v) is 6.97. The summed E-state index contributed by atoms with van der Waals surface area (Å²) in [4.78, 5) is 11.4. The molecular weight excluding hydrogens is 136 g/mol. The zero-order chi connectivity index (χ0) is 7.84. The third kappa shape index (κ3) is 1.03. The van der Waals surface area contributed by atoms with Gasteiger partial charge in [0.1, 0.15) is 0 Å². The van der Waals surface area contributed by atoms with Crippen molar-refractivity contribution in [1.82, 2.24) is 0 Å². The highest BCUT2D eigenvalue weighted by Gasteiger charge is 2.32. The molecule has 0 aromatic heterocycles. The zero-order valence-electron chi connectivity index (χ0n) is 6.97. The predicted molar refractivity (Wildman–Crippen MR) is 44.2 cm³/mol. The van der Waals surface area contributed by atoms with E-state index in [1.807, 2.05) is 0 Å². The van der Waals surface area contributed by atoms with E-state index in [-0.39, 0.29) is 0 Å². The van der Waals surface area contributed by atoms with Gasteiger partial charge in [-0.05, 0) is 36.7 Å². The lowest BCUT2D eigenvalue weighted by Gasteiger charge is -2.23. The van der Waals surface area contributed by atoms with Crippen molar-refractivity contribution in [1.29, 1.82) is 0 Å². The van der Waals surface area contributed by atoms with Gasteiger partial charge in [-0.3, -0.25) is 4.79 Å². The summed E-state index contributed by atoms with van der Waals surface area (Å²) in [6.07, 6.45) is 6.46. The smallest absolute Gasteiger partial charge is 0.158 e. The van der Waals surface area contributed by atoms with Gasteiger partial charge in [0.05, 0.1) is 0 Å². The quantitative estimate of drug-likeness (QED) is 0.518. The van der Waals surface area contributed by atoms with Crippen LogP contribution >= 0.6 is 0 Å². The van der Waals surface area contributed by atoms with Crippen LogP contribution < -0.4 is 0 Å². The van der Waals surface area contributed by atoms with Gasteiger partial charge in [-0.1, -0.05) is 13.0 Å². The minimum Gasteiger partial charge on any atom is -0.295 e. The Bertz CT molecular complexity index is 215. The fourth-order valence-electron chi connectivity index (χ4n) is 2.32. The molecule has 0 saturated heterocycles. The molecule has 0 aromatic carbocycles. The SMILES string of the molecule is C[C@@H]1CC=C2C(=O)CCC[C@H]21. The Balaban J connectivity index is 2.22. The Labute approximate surface area is 67.5 Å². The van der Waals surface area contributed by atoms with Gasteiger partial charge >= 0.3 is 0 Å². The molecule has 0 N–H and O–H groups in total. The molecule has 1 nitrogen and oxygen atoms in total. The number of ketones is 1. The Morgan fingerprint density at radius 3 is 3.09 bits per heavy atom. The number of fused-ring (bicyclic) bond motifs is 1. The number of hydrogen-bond acceptors (Lipinski definition) is 1. The first kappa shape index (κ1) is 7.08. The van der Waals surface area contributed by atoms with E-state index in [0.29, 0.717) is 11.7 Å². The summed E-state index contributed by atoms with van der Waals surface area (Å²) < 4.78 is 0. The summed E-state index contributed by atoms with van der Waals surface area (Å²) in [5.41, 5.74) is 1.16. The van der Waals surface area contributed by atoms with Crippen molar-refractivity contribution in [2.45, 2.75) is 32.6 Å². The molecule has 0 heterocycles. The van der Waals surface area contributed by atoms with Gasteiger partial charge < -0.3 is 0 Å². The van der Waals surface area contributed by atoms with E-state index < -0.39 is 0 Å². The second-order valence-electron chi connectivity index (χ2n) is 3.79. The molecule has 2 aliphatic carbocycles. The average molecular weight is 150 g/mol. The van der Waals surface area contributed by atoms with Gasteiger partial charge in [-0.2, -0.15) is 0 Å². The molecule has 1 fully saturated rings. The first-order chi connectivity index (χ1) is 5.29. The minimum absolute atomic E-state index is 0.422. The summed E-state index contributed by atoms with van der Waals surface area (Å²) in [6, 6.07) is 0. The molecule has 1 saturated carbocycles. The molecule has 11 heavy (non-hydrogen) atoms. The first-order valence-corrected chi connectivity index (χ1v) is 4.52. The van der Waals surface area contributed by atoms with Crippen LogP contribution in [0, 0.1) is 11.8 Å². The van der Waals surface area contributed by atoms with Crippen molar-refractivity contribution in [2.75, 3.05) is 0 Å². The van der Waals surface area contributed by atoms with Gasteiger partial charge in [0.15, 0.2) is 5.78 Å². The molecule has 0 radical (unpaired) electrons. The minimum atomic E-state index is 0.422. The van der Waals surface area contributed by atoms with Crippen LogP contribution in [0.4, 0.5) is 0 Å². The normalized spacial score (nSPS) is 36.8. The van der Waals surface area contributed by atoms with Crippen LogP contribution in [0.3, 0.4) is 0 Å². The van der Waals surface area contributed by atoms with E-state index in [9.17, 15) is 4.79 Å². The first-order valence-electron chi connectivity index (χ1n) is 4.52. The molecule has 60 valence electrons. The Morgan fingerprint density at radius 1 is 1.55 bits per heavy atom. The van der Waals surface area contributed by atoms with Gasteiger partial charge in [-0.25, -0.2) is 0 Å². The molecule has 0 amide bonds. The van der Waals surface area contributed by atoms with Crippen LogP contribution in [-0.2, 0) is 4.79 Å². The van der Waals surface area contributed by atoms with E-state index in [2.05, 4.69) is 13.0 Å². The standard InChI is InChI=1S/C10H14O/c1-7-5-6-9-8(7)3-2-4-10(9)11/h6-8H,2-5H2,1H3/t7-,8+/m1/s1. The van der Waals surface area contributed by atoms with E-state index in [0.717, 1.165) is 30.8 Å². The summed E-state index contributed by atoms with van der Waals surface area (Å²) in [6.45, 7) is 2.26. The second kappa shape index (κ2) is 2.47. The number of allylic oxidation sites excluding steroid dienone is 2. The Hall–Kier alpha value is -0.590. The lowest BCUT2D eigenvalue weighted by Crippen LogP contribution is -2.19. The fraction of sp³-hybridized carbons (Fsp3) is 0.700. The average Bonchev–Trinajstić information content (AvgIpc) is 2.35. The molecular formula is C10H14O. The largest absolute Gasteiger partial charge is 0.295 e. The van der Waals surface area contributed by atoms with E-state index in [1.165, 1.54) is 6.42 Å². The highest BCUT2D eigenvalue weighted by molar-refractivity contribution is 5.97. The van der Waals surface area contributed by atoms with Crippen molar-refractivity contribution < 1.29 is 4.79 Å². The van der Waals surface area contributed by atoms with Crippen LogP contribution in [0.5, 0.6) is 0 Å². The van der Waals surface area contributed by atoms with Gasteiger partial charge in [0.25, 0.3) is 0 Å². The van der Waals surface area contributed by atoms with Crippen molar-refractivity contribution in [3.63, 3.8) is 0 Å². The molecule has 0 aromatic rings. The monoisotopic (exact) mass is 150 g/mol. The fourth-order valence-corrected chi connectivity index (χ4v) is 2.32. The number of hydrogen-bond donors (Lipinski definition) is 0. The van der Waals surface area contributed by atoms with Gasteiger partial charge in [0, 0.05) is 6.42 Å². The highest BCUT2D eigenvalue weighted by Crippen LogP contribution is 2.39. The van der Waals surface area contributed by atoms with Crippen LogP contribution in [0.1, 0.15) is 32.6 Å².